The van der Waals surface area contributed by atoms with Crippen molar-refractivity contribution in [1.29, 1.82) is 0 Å². The summed E-state index contributed by atoms with van der Waals surface area (Å²) in [6, 6.07) is 3.94. The van der Waals surface area contributed by atoms with Crippen LogP contribution in [0.2, 0.25) is 0 Å². The van der Waals surface area contributed by atoms with Gasteiger partial charge in [0.2, 0.25) is 0 Å². The molecule has 0 radical (unpaired) electrons. The van der Waals surface area contributed by atoms with Gasteiger partial charge >= 0.3 is 0 Å². The first-order valence-corrected chi connectivity index (χ1v) is 7.77. The van der Waals surface area contributed by atoms with E-state index in [2.05, 4.69) is 32.4 Å². The monoisotopic (exact) mass is 341 g/mol. The first-order valence-electron chi connectivity index (χ1n) is 6.10. The Morgan fingerprint density at radius 2 is 2.32 bits per heavy atom. The van der Waals surface area contributed by atoms with E-state index in [9.17, 15) is 4.79 Å². The van der Waals surface area contributed by atoms with Gasteiger partial charge in [-0.25, -0.2) is 0 Å². The molecule has 0 aliphatic rings. The maximum atomic E-state index is 11.9. The van der Waals surface area contributed by atoms with Crippen molar-refractivity contribution in [2.24, 2.45) is 0 Å². The van der Waals surface area contributed by atoms with E-state index in [-0.39, 0.29) is 5.91 Å². The SMILES string of the molecule is Cc1cc(C)n(CCCNC(=O)c2sccc2Br)n1. The summed E-state index contributed by atoms with van der Waals surface area (Å²) < 4.78 is 2.83. The van der Waals surface area contributed by atoms with Gasteiger partial charge in [-0.05, 0) is 53.7 Å². The lowest BCUT2D eigenvalue weighted by molar-refractivity contribution is 0.0956. The highest BCUT2D eigenvalue weighted by atomic mass is 79.9. The van der Waals surface area contributed by atoms with E-state index in [1.54, 1.807) is 0 Å². The third-order valence-electron chi connectivity index (χ3n) is 2.76. The normalized spacial score (nSPS) is 10.7. The lowest BCUT2D eigenvalue weighted by atomic mass is 10.3. The van der Waals surface area contributed by atoms with Crippen molar-refractivity contribution in [3.8, 4) is 0 Å². The van der Waals surface area contributed by atoms with Gasteiger partial charge in [0.1, 0.15) is 4.88 Å². The molecule has 0 aliphatic carbocycles. The van der Waals surface area contributed by atoms with Crippen molar-refractivity contribution in [2.75, 3.05) is 6.54 Å². The van der Waals surface area contributed by atoms with Crippen molar-refractivity contribution in [2.45, 2.75) is 26.8 Å². The molecule has 1 N–H and O–H groups in total. The maximum absolute atomic E-state index is 11.9. The van der Waals surface area contributed by atoms with Crippen molar-refractivity contribution >= 4 is 33.2 Å². The van der Waals surface area contributed by atoms with Gasteiger partial charge in [0, 0.05) is 23.3 Å². The number of thiophene rings is 1. The van der Waals surface area contributed by atoms with Crippen molar-refractivity contribution in [1.82, 2.24) is 15.1 Å². The summed E-state index contributed by atoms with van der Waals surface area (Å²) in [6.07, 6.45) is 0.872. The fourth-order valence-corrected chi connectivity index (χ4v) is 3.34. The number of nitrogens with one attached hydrogen (secondary N) is 1. The maximum Gasteiger partial charge on any atom is 0.262 e. The van der Waals surface area contributed by atoms with Crippen LogP contribution in [-0.2, 0) is 6.54 Å². The summed E-state index contributed by atoms with van der Waals surface area (Å²) in [6.45, 7) is 5.51. The van der Waals surface area contributed by atoms with Gasteiger partial charge < -0.3 is 5.32 Å². The van der Waals surface area contributed by atoms with E-state index in [1.807, 2.05) is 30.0 Å². The molecule has 2 rings (SSSR count). The van der Waals surface area contributed by atoms with E-state index in [0.29, 0.717) is 6.54 Å². The van der Waals surface area contributed by atoms with Gasteiger partial charge in [-0.3, -0.25) is 9.48 Å². The summed E-state index contributed by atoms with van der Waals surface area (Å²) in [5.74, 6) is -0.0183. The average molecular weight is 342 g/mol. The van der Waals surface area contributed by atoms with Crippen LogP contribution in [0, 0.1) is 13.8 Å². The first-order chi connectivity index (χ1) is 9.08. The van der Waals surface area contributed by atoms with Gasteiger partial charge in [-0.1, -0.05) is 0 Å². The highest BCUT2D eigenvalue weighted by molar-refractivity contribution is 9.10. The zero-order chi connectivity index (χ0) is 13.8. The fourth-order valence-electron chi connectivity index (χ4n) is 1.87. The van der Waals surface area contributed by atoms with Crippen LogP contribution >= 0.6 is 27.3 Å². The molecule has 0 atom stereocenters. The summed E-state index contributed by atoms with van der Waals surface area (Å²) in [7, 11) is 0. The van der Waals surface area contributed by atoms with Crippen LogP contribution in [0.1, 0.15) is 27.5 Å². The number of rotatable bonds is 5. The minimum absolute atomic E-state index is 0.0183. The van der Waals surface area contributed by atoms with E-state index < -0.39 is 0 Å². The number of amides is 1. The predicted molar refractivity (Wildman–Crippen MR) is 80.7 cm³/mol. The molecular weight excluding hydrogens is 326 g/mol. The molecule has 1 amide bonds. The van der Waals surface area contributed by atoms with Gasteiger partial charge in [-0.15, -0.1) is 11.3 Å². The zero-order valence-electron chi connectivity index (χ0n) is 10.9. The molecule has 0 aromatic carbocycles. The molecular formula is C13H16BrN3OS. The summed E-state index contributed by atoms with van der Waals surface area (Å²) in [4.78, 5) is 12.6. The van der Waals surface area contributed by atoms with Crippen molar-refractivity contribution < 1.29 is 4.79 Å². The number of carbonyl (C=O) groups is 1. The molecule has 2 aromatic rings. The third-order valence-corrected chi connectivity index (χ3v) is 4.60. The minimum atomic E-state index is -0.0183. The zero-order valence-corrected chi connectivity index (χ0v) is 13.3. The molecule has 0 saturated carbocycles. The molecule has 19 heavy (non-hydrogen) atoms. The number of aromatic nitrogens is 2. The highest BCUT2D eigenvalue weighted by Gasteiger charge is 2.10. The van der Waals surface area contributed by atoms with Crippen LogP contribution < -0.4 is 5.32 Å². The molecule has 2 aromatic heterocycles. The molecule has 102 valence electrons. The van der Waals surface area contributed by atoms with Crippen LogP contribution in [0.3, 0.4) is 0 Å². The Balaban J connectivity index is 1.77. The predicted octanol–water partition coefficient (Wildman–Crippen LogP) is 3.14. The molecule has 6 heteroatoms. The van der Waals surface area contributed by atoms with Gasteiger partial charge in [-0.2, -0.15) is 5.10 Å². The van der Waals surface area contributed by atoms with Crippen LogP contribution in [0.5, 0.6) is 0 Å². The third kappa shape index (κ3) is 3.67. The second kappa shape index (κ2) is 6.34. The summed E-state index contributed by atoms with van der Waals surface area (Å²) >= 11 is 4.80. The Kier molecular flexibility index (Phi) is 4.76. The summed E-state index contributed by atoms with van der Waals surface area (Å²) in [5.41, 5.74) is 2.19. The van der Waals surface area contributed by atoms with Crippen LogP contribution in [0.25, 0.3) is 0 Å². The van der Waals surface area contributed by atoms with Gasteiger partial charge in [0.15, 0.2) is 0 Å². The van der Waals surface area contributed by atoms with E-state index >= 15 is 0 Å². The second-order valence-corrected chi connectivity index (χ2v) is 6.13. The fraction of sp³-hybridized carbons (Fsp3) is 0.385. The number of halogens is 1. The second-order valence-electron chi connectivity index (χ2n) is 4.36. The molecule has 0 unspecified atom stereocenters. The van der Waals surface area contributed by atoms with Crippen molar-refractivity contribution in [3.63, 3.8) is 0 Å². The van der Waals surface area contributed by atoms with E-state index in [0.717, 1.165) is 33.7 Å². The number of carbonyl (C=O) groups excluding carboxylic acids is 1. The van der Waals surface area contributed by atoms with Gasteiger partial charge in [0.05, 0.1) is 5.69 Å². The standard InChI is InChI=1S/C13H16BrN3OS/c1-9-8-10(2)17(16-9)6-3-5-15-13(18)12-11(14)4-7-19-12/h4,7-8H,3,5-6H2,1-2H3,(H,15,18). The Bertz CT molecular complexity index is 576. The smallest absolute Gasteiger partial charge is 0.262 e. The van der Waals surface area contributed by atoms with Crippen LogP contribution in [-0.4, -0.2) is 22.2 Å². The average Bonchev–Trinajstić information content (AvgIpc) is 2.91. The van der Waals surface area contributed by atoms with Gasteiger partial charge in [0.25, 0.3) is 5.91 Å². The molecule has 0 spiro atoms. The number of hydrogen-bond donors (Lipinski definition) is 1. The Labute approximate surface area is 125 Å². The Hall–Kier alpha value is -1.14. The Morgan fingerprint density at radius 3 is 2.89 bits per heavy atom. The lowest BCUT2D eigenvalue weighted by Gasteiger charge is -2.06. The number of nitrogens with zero attached hydrogens (tertiary/aromatic N) is 2. The summed E-state index contributed by atoms with van der Waals surface area (Å²) in [5, 5.41) is 9.21. The molecule has 0 fully saturated rings. The molecule has 2 heterocycles. The number of hydrogen-bond acceptors (Lipinski definition) is 3. The van der Waals surface area contributed by atoms with Crippen molar-refractivity contribution in [3.05, 3.63) is 38.3 Å². The number of aryl methyl sites for hydroxylation is 3. The van der Waals surface area contributed by atoms with Crippen LogP contribution in [0.15, 0.2) is 22.0 Å². The topological polar surface area (TPSA) is 46.9 Å². The first kappa shape index (κ1) is 14.3. The lowest BCUT2D eigenvalue weighted by Crippen LogP contribution is -2.25. The molecule has 0 bridgehead atoms. The largest absolute Gasteiger partial charge is 0.351 e. The molecule has 0 aliphatic heterocycles. The Morgan fingerprint density at radius 1 is 1.53 bits per heavy atom. The quantitative estimate of drug-likeness (QED) is 0.849. The minimum Gasteiger partial charge on any atom is -0.351 e. The highest BCUT2D eigenvalue weighted by Crippen LogP contribution is 2.22. The van der Waals surface area contributed by atoms with E-state index in [4.69, 9.17) is 0 Å². The van der Waals surface area contributed by atoms with Crippen LogP contribution in [0.4, 0.5) is 0 Å². The molecule has 0 saturated heterocycles. The van der Waals surface area contributed by atoms with E-state index in [1.165, 1.54) is 11.3 Å². The molecule has 4 nitrogen and oxygen atoms in total.